The number of benzene rings is 1. The third kappa shape index (κ3) is 5.24. The molecule has 0 fully saturated rings. The molecule has 1 aromatic heterocycles. The third-order valence-electron chi connectivity index (χ3n) is 3.28. The van der Waals surface area contributed by atoms with E-state index >= 15 is 0 Å². The van der Waals surface area contributed by atoms with Crippen LogP contribution in [0, 0.1) is 0 Å². The van der Waals surface area contributed by atoms with Crippen molar-refractivity contribution in [3.8, 4) is 0 Å². The van der Waals surface area contributed by atoms with Crippen molar-refractivity contribution in [3.63, 3.8) is 0 Å². The van der Waals surface area contributed by atoms with Crippen LogP contribution >= 0.6 is 0 Å². The van der Waals surface area contributed by atoms with Gasteiger partial charge in [0.05, 0.1) is 17.5 Å². The zero-order valence-corrected chi connectivity index (χ0v) is 14.3. The van der Waals surface area contributed by atoms with E-state index in [1.165, 1.54) is 0 Å². The second kappa shape index (κ2) is 7.78. The van der Waals surface area contributed by atoms with Gasteiger partial charge in [0.1, 0.15) is 0 Å². The summed E-state index contributed by atoms with van der Waals surface area (Å²) in [6.07, 6.45) is 1.67. The summed E-state index contributed by atoms with van der Waals surface area (Å²) in [5.41, 5.74) is 1.77. The van der Waals surface area contributed by atoms with Crippen molar-refractivity contribution < 1.29 is 13.2 Å². The topological polar surface area (TPSA) is 100 Å². The van der Waals surface area contributed by atoms with Gasteiger partial charge in [0.25, 0.3) is 0 Å². The van der Waals surface area contributed by atoms with Gasteiger partial charge in [0.2, 0.25) is 10.0 Å². The Bertz CT molecular complexity index is 777. The molecule has 0 unspecified atom stereocenters. The van der Waals surface area contributed by atoms with E-state index in [0.29, 0.717) is 11.4 Å². The quantitative estimate of drug-likeness (QED) is 0.747. The minimum atomic E-state index is -3.31. The van der Waals surface area contributed by atoms with E-state index in [1.54, 1.807) is 37.4 Å². The third-order valence-corrected chi connectivity index (χ3v) is 4.58. The molecule has 0 spiro atoms. The van der Waals surface area contributed by atoms with Gasteiger partial charge < -0.3 is 10.6 Å². The molecule has 0 saturated heterocycles. The first-order valence-electron chi connectivity index (χ1n) is 7.48. The smallest absolute Gasteiger partial charge is 0.319 e. The lowest BCUT2D eigenvalue weighted by Crippen LogP contribution is -2.31. The molecule has 3 N–H and O–H groups in total. The fourth-order valence-electron chi connectivity index (χ4n) is 1.94. The van der Waals surface area contributed by atoms with Crippen molar-refractivity contribution in [3.05, 3.63) is 54.4 Å². The normalized spacial score (nSPS) is 12.2. The average Bonchev–Trinajstić information content (AvgIpc) is 2.57. The van der Waals surface area contributed by atoms with Gasteiger partial charge >= 0.3 is 6.03 Å². The van der Waals surface area contributed by atoms with Crippen molar-refractivity contribution in [2.24, 2.45) is 0 Å². The molecule has 0 aliphatic rings. The lowest BCUT2D eigenvalue weighted by molar-refractivity contribution is 0.249. The summed E-state index contributed by atoms with van der Waals surface area (Å²) in [5.74, 6) is 0.000811. The number of carbonyl (C=O) groups is 1. The largest absolute Gasteiger partial charge is 0.330 e. The first kappa shape index (κ1) is 17.7. The fraction of sp³-hybridized carbons (Fsp3) is 0.250. The Balaban J connectivity index is 1.92. The summed E-state index contributed by atoms with van der Waals surface area (Å²) < 4.78 is 25.4. The number of hydrogen-bond acceptors (Lipinski definition) is 4. The van der Waals surface area contributed by atoms with Crippen LogP contribution in [0.2, 0.25) is 0 Å². The number of urea groups is 1. The predicted molar refractivity (Wildman–Crippen MR) is 94.3 cm³/mol. The van der Waals surface area contributed by atoms with Crippen LogP contribution in [0.4, 0.5) is 16.2 Å². The number of nitrogens with one attached hydrogen (secondary N) is 3. The lowest BCUT2D eigenvalue weighted by Gasteiger charge is -2.14. The standard InChI is InChI=1S/C16H20N4O3S/c1-3-24(22,23)20-14-9-7-13(8-10-14)19-16(21)18-12(2)15-6-4-5-11-17-15/h4-12,20H,3H2,1-2H3,(H2,18,19,21)/t12-/m0/s1. The van der Waals surface area contributed by atoms with E-state index in [9.17, 15) is 13.2 Å². The van der Waals surface area contributed by atoms with Gasteiger partial charge in [-0.3, -0.25) is 9.71 Å². The second-order valence-corrected chi connectivity index (χ2v) is 7.17. The number of nitrogens with zero attached hydrogens (tertiary/aromatic N) is 1. The molecule has 2 aromatic rings. The maximum atomic E-state index is 12.0. The molecular weight excluding hydrogens is 328 g/mol. The number of amides is 2. The van der Waals surface area contributed by atoms with Crippen LogP contribution in [0.25, 0.3) is 0 Å². The van der Waals surface area contributed by atoms with Gasteiger partial charge in [-0.05, 0) is 50.2 Å². The van der Waals surface area contributed by atoms with Crippen LogP contribution in [-0.2, 0) is 10.0 Å². The monoisotopic (exact) mass is 348 g/mol. The van der Waals surface area contributed by atoms with Crippen LogP contribution in [-0.4, -0.2) is 25.2 Å². The Labute approximate surface area is 141 Å². The molecule has 2 rings (SSSR count). The maximum absolute atomic E-state index is 12.0. The van der Waals surface area contributed by atoms with Crippen LogP contribution in [0.1, 0.15) is 25.6 Å². The molecule has 0 bridgehead atoms. The molecule has 8 heteroatoms. The first-order chi connectivity index (χ1) is 11.4. The molecule has 7 nitrogen and oxygen atoms in total. The van der Waals surface area contributed by atoms with Crippen molar-refractivity contribution in [2.75, 3.05) is 15.8 Å². The zero-order valence-electron chi connectivity index (χ0n) is 13.5. The molecule has 0 radical (unpaired) electrons. The number of pyridine rings is 1. The Morgan fingerprint density at radius 1 is 1.12 bits per heavy atom. The van der Waals surface area contributed by atoms with Crippen molar-refractivity contribution in [2.45, 2.75) is 19.9 Å². The van der Waals surface area contributed by atoms with E-state index in [4.69, 9.17) is 0 Å². The van der Waals surface area contributed by atoms with E-state index < -0.39 is 10.0 Å². The number of sulfonamides is 1. The summed E-state index contributed by atoms with van der Waals surface area (Å²) in [7, 11) is -3.31. The number of aromatic nitrogens is 1. The molecule has 0 aliphatic heterocycles. The van der Waals surface area contributed by atoms with Gasteiger partial charge in [-0.2, -0.15) is 0 Å². The molecule has 2 amide bonds. The number of anilines is 2. The fourth-order valence-corrected chi connectivity index (χ4v) is 2.58. The Morgan fingerprint density at radius 2 is 1.79 bits per heavy atom. The van der Waals surface area contributed by atoms with Crippen molar-refractivity contribution in [1.29, 1.82) is 0 Å². The van der Waals surface area contributed by atoms with Crippen LogP contribution in [0.15, 0.2) is 48.7 Å². The van der Waals surface area contributed by atoms with E-state index in [1.807, 2.05) is 25.1 Å². The minimum absolute atomic E-state index is 0.000811. The number of hydrogen-bond donors (Lipinski definition) is 3. The molecule has 1 heterocycles. The molecule has 24 heavy (non-hydrogen) atoms. The Hall–Kier alpha value is -2.61. The lowest BCUT2D eigenvalue weighted by atomic mass is 10.2. The average molecular weight is 348 g/mol. The summed E-state index contributed by atoms with van der Waals surface area (Å²) in [4.78, 5) is 16.2. The van der Waals surface area contributed by atoms with Crippen molar-refractivity contribution in [1.82, 2.24) is 10.3 Å². The highest BCUT2D eigenvalue weighted by atomic mass is 32.2. The predicted octanol–water partition coefficient (Wildman–Crippen LogP) is 2.73. The maximum Gasteiger partial charge on any atom is 0.319 e. The number of rotatable bonds is 6. The Morgan fingerprint density at radius 3 is 2.38 bits per heavy atom. The van der Waals surface area contributed by atoms with Crippen LogP contribution < -0.4 is 15.4 Å². The van der Waals surface area contributed by atoms with E-state index in [0.717, 1.165) is 5.69 Å². The van der Waals surface area contributed by atoms with Crippen LogP contribution in [0.5, 0.6) is 0 Å². The summed E-state index contributed by atoms with van der Waals surface area (Å²) in [6, 6.07) is 11.3. The summed E-state index contributed by atoms with van der Waals surface area (Å²) in [6.45, 7) is 3.40. The molecular formula is C16H20N4O3S. The highest BCUT2D eigenvalue weighted by molar-refractivity contribution is 7.92. The SMILES string of the molecule is CCS(=O)(=O)Nc1ccc(NC(=O)N[C@@H](C)c2ccccn2)cc1. The zero-order chi connectivity index (χ0) is 17.6. The highest BCUT2D eigenvalue weighted by Crippen LogP contribution is 2.15. The van der Waals surface area contributed by atoms with Crippen molar-refractivity contribution >= 4 is 27.4 Å². The Kier molecular flexibility index (Phi) is 5.75. The van der Waals surface area contributed by atoms with Gasteiger partial charge in [-0.15, -0.1) is 0 Å². The van der Waals surface area contributed by atoms with Gasteiger partial charge in [0.15, 0.2) is 0 Å². The summed E-state index contributed by atoms with van der Waals surface area (Å²) in [5, 5.41) is 5.47. The molecule has 1 aromatic carbocycles. The molecule has 128 valence electrons. The molecule has 0 aliphatic carbocycles. The minimum Gasteiger partial charge on any atom is -0.330 e. The molecule has 1 atom stereocenters. The molecule has 0 saturated carbocycles. The van der Waals surface area contributed by atoms with E-state index in [2.05, 4.69) is 20.3 Å². The second-order valence-electron chi connectivity index (χ2n) is 5.16. The number of carbonyl (C=O) groups excluding carboxylic acids is 1. The van der Waals surface area contributed by atoms with Gasteiger partial charge in [-0.1, -0.05) is 6.07 Å². The first-order valence-corrected chi connectivity index (χ1v) is 9.14. The van der Waals surface area contributed by atoms with Crippen LogP contribution in [0.3, 0.4) is 0 Å². The van der Waals surface area contributed by atoms with Gasteiger partial charge in [0, 0.05) is 17.6 Å². The van der Waals surface area contributed by atoms with E-state index in [-0.39, 0.29) is 17.8 Å². The van der Waals surface area contributed by atoms with Gasteiger partial charge in [-0.25, -0.2) is 13.2 Å². The summed E-state index contributed by atoms with van der Waals surface area (Å²) >= 11 is 0. The highest BCUT2D eigenvalue weighted by Gasteiger charge is 2.11.